The Morgan fingerprint density at radius 1 is 1.23 bits per heavy atom. The van der Waals surface area contributed by atoms with Crippen molar-refractivity contribution in [2.24, 2.45) is 5.92 Å². The average molecular weight is 443 g/mol. The van der Waals surface area contributed by atoms with E-state index < -0.39 is 17.6 Å². The number of pyridine rings is 1. The van der Waals surface area contributed by atoms with Gasteiger partial charge in [-0.3, -0.25) is 4.72 Å². The van der Waals surface area contributed by atoms with Crippen molar-refractivity contribution < 1.29 is 17.6 Å². The lowest BCUT2D eigenvalue weighted by molar-refractivity contribution is -0.137. The number of nitrogens with zero attached hydrogens (tertiary/aromatic N) is 2. The molecule has 164 valence electrons. The van der Waals surface area contributed by atoms with Gasteiger partial charge in [-0.2, -0.15) is 13.2 Å². The van der Waals surface area contributed by atoms with Crippen LogP contribution in [-0.2, 0) is 6.18 Å². The second-order valence-electron chi connectivity index (χ2n) is 7.92. The molecule has 9 heteroatoms. The summed E-state index contributed by atoms with van der Waals surface area (Å²) in [7, 11) is 0. The highest BCUT2D eigenvalue weighted by Gasteiger charge is 2.36. The molecule has 0 amide bonds. The van der Waals surface area contributed by atoms with E-state index in [1.54, 1.807) is 17.0 Å². The number of benzene rings is 1. The number of alkyl halides is 3. The van der Waals surface area contributed by atoms with Crippen molar-refractivity contribution in [1.82, 2.24) is 9.71 Å². The molecule has 2 N–H and O–H groups in total. The third-order valence-corrected chi connectivity index (χ3v) is 5.88. The van der Waals surface area contributed by atoms with Gasteiger partial charge in [0.15, 0.2) is 0 Å². The lowest BCUT2D eigenvalue weighted by Crippen LogP contribution is -2.35. The first-order chi connectivity index (χ1) is 14.1. The molecule has 4 nitrogen and oxygen atoms in total. The van der Waals surface area contributed by atoms with Crippen LogP contribution in [0.2, 0.25) is 0 Å². The molecule has 3 rings (SSSR count). The smallest absolute Gasteiger partial charge is 0.371 e. The van der Waals surface area contributed by atoms with Crippen molar-refractivity contribution in [1.29, 1.82) is 0 Å². The quantitative estimate of drug-likeness (QED) is 0.410. The Hall–Kier alpha value is -2.00. The van der Waals surface area contributed by atoms with Crippen LogP contribution in [0.25, 0.3) is 0 Å². The average Bonchev–Trinajstić information content (AvgIpc) is 2.67. The number of hydrogen-bond donors (Lipinski definition) is 2. The van der Waals surface area contributed by atoms with Crippen LogP contribution in [0, 0.1) is 11.7 Å². The van der Waals surface area contributed by atoms with Crippen LogP contribution in [0.15, 0.2) is 35.4 Å². The highest BCUT2D eigenvalue weighted by Crippen LogP contribution is 2.39. The maximum absolute atomic E-state index is 14.5. The van der Waals surface area contributed by atoms with Gasteiger partial charge in [0.05, 0.1) is 16.9 Å². The summed E-state index contributed by atoms with van der Waals surface area (Å²) in [6.07, 6.45) is -1.85. The molecule has 0 radical (unpaired) electrons. The second kappa shape index (κ2) is 9.43. The molecule has 1 unspecified atom stereocenters. The van der Waals surface area contributed by atoms with Crippen molar-refractivity contribution in [3.8, 4) is 0 Å². The van der Waals surface area contributed by atoms with Crippen molar-refractivity contribution in [3.63, 3.8) is 0 Å². The first kappa shape index (κ1) is 22.7. The molecule has 0 spiro atoms. The summed E-state index contributed by atoms with van der Waals surface area (Å²) in [5.41, 5.74) is -0.525. The number of piperidine rings is 1. The summed E-state index contributed by atoms with van der Waals surface area (Å²) >= 11 is 1.32. The molecule has 1 aliphatic rings. The fourth-order valence-corrected chi connectivity index (χ4v) is 4.06. The third kappa shape index (κ3) is 5.78. The SMILES string of the molecule is CC1CCCN(c2cc(Nc3ccc(SNC(C)C)cc3F)ncc2C(F)(F)F)C1. The first-order valence-corrected chi connectivity index (χ1v) is 10.8. The zero-order valence-electron chi connectivity index (χ0n) is 17.2. The fourth-order valence-electron chi connectivity index (χ4n) is 3.39. The zero-order valence-corrected chi connectivity index (χ0v) is 18.0. The molecule has 1 aromatic heterocycles. The molecular weight excluding hydrogens is 416 g/mol. The fraction of sp³-hybridized carbons (Fsp3) is 0.476. The minimum atomic E-state index is -4.50. The van der Waals surface area contributed by atoms with Crippen molar-refractivity contribution in [2.75, 3.05) is 23.3 Å². The predicted molar refractivity (Wildman–Crippen MR) is 114 cm³/mol. The Morgan fingerprint density at radius 3 is 2.63 bits per heavy atom. The molecule has 1 aliphatic heterocycles. The first-order valence-electron chi connectivity index (χ1n) is 9.94. The van der Waals surface area contributed by atoms with E-state index in [9.17, 15) is 17.6 Å². The van der Waals surface area contributed by atoms with Crippen LogP contribution in [0.1, 0.15) is 39.2 Å². The molecule has 0 saturated carbocycles. The van der Waals surface area contributed by atoms with Gasteiger partial charge in [-0.05, 0) is 62.8 Å². The summed E-state index contributed by atoms with van der Waals surface area (Å²) in [5.74, 6) is -0.0115. The van der Waals surface area contributed by atoms with Gasteiger partial charge >= 0.3 is 6.18 Å². The summed E-state index contributed by atoms with van der Waals surface area (Å²) in [6, 6.07) is 6.27. The van der Waals surface area contributed by atoms with E-state index in [0.717, 1.165) is 19.0 Å². The van der Waals surface area contributed by atoms with E-state index in [1.165, 1.54) is 24.1 Å². The van der Waals surface area contributed by atoms with E-state index in [-0.39, 0.29) is 23.2 Å². The number of nitrogens with one attached hydrogen (secondary N) is 2. The Labute approximate surface area is 178 Å². The van der Waals surface area contributed by atoms with Gasteiger partial charge in [0, 0.05) is 36.3 Å². The van der Waals surface area contributed by atoms with Gasteiger partial charge in [-0.25, -0.2) is 9.37 Å². The van der Waals surface area contributed by atoms with Gasteiger partial charge in [0.1, 0.15) is 11.6 Å². The molecule has 0 bridgehead atoms. The van der Waals surface area contributed by atoms with Crippen LogP contribution in [0.4, 0.5) is 34.8 Å². The third-order valence-electron chi connectivity index (χ3n) is 4.80. The number of anilines is 3. The Bertz CT molecular complexity index is 873. The summed E-state index contributed by atoms with van der Waals surface area (Å²) in [4.78, 5) is 6.35. The Morgan fingerprint density at radius 2 is 2.00 bits per heavy atom. The molecule has 1 atom stereocenters. The van der Waals surface area contributed by atoms with Gasteiger partial charge in [0.25, 0.3) is 0 Å². The molecule has 30 heavy (non-hydrogen) atoms. The standard InChI is InChI=1S/C21H26F4N4S/c1-13(2)28-30-15-6-7-18(17(22)9-15)27-20-10-19(16(11-26-20)21(23,24)25)29-8-4-5-14(3)12-29/h6-7,9-11,13-14,28H,4-5,8,12H2,1-3H3,(H,26,27). The van der Waals surface area contributed by atoms with Gasteiger partial charge < -0.3 is 10.2 Å². The maximum atomic E-state index is 14.5. The number of hydrogen-bond acceptors (Lipinski definition) is 5. The Balaban J connectivity index is 1.85. The highest BCUT2D eigenvalue weighted by molar-refractivity contribution is 7.97. The van der Waals surface area contributed by atoms with Crippen LogP contribution in [0.3, 0.4) is 0 Å². The monoisotopic (exact) mass is 442 g/mol. The lowest BCUT2D eigenvalue weighted by atomic mass is 9.99. The van der Waals surface area contributed by atoms with Gasteiger partial charge in [0.2, 0.25) is 0 Å². The largest absolute Gasteiger partial charge is 0.419 e. The van der Waals surface area contributed by atoms with Crippen LogP contribution in [-0.4, -0.2) is 24.1 Å². The van der Waals surface area contributed by atoms with E-state index in [4.69, 9.17) is 0 Å². The Kier molecular flexibility index (Phi) is 7.13. The van der Waals surface area contributed by atoms with Gasteiger partial charge in [-0.15, -0.1) is 0 Å². The maximum Gasteiger partial charge on any atom is 0.419 e. The van der Waals surface area contributed by atoms with E-state index >= 15 is 0 Å². The molecule has 2 aromatic rings. The predicted octanol–water partition coefficient (Wildman–Crippen LogP) is 6.22. The minimum absolute atomic E-state index is 0.0836. The van der Waals surface area contributed by atoms with E-state index in [2.05, 4.69) is 15.0 Å². The van der Waals surface area contributed by atoms with Crippen LogP contribution >= 0.6 is 11.9 Å². The molecule has 2 heterocycles. The molecule has 1 fully saturated rings. The number of rotatable bonds is 6. The summed E-state index contributed by atoms with van der Waals surface area (Å²) < 4.78 is 58.3. The number of aromatic nitrogens is 1. The molecular formula is C21H26F4N4S. The van der Waals surface area contributed by atoms with Gasteiger partial charge in [-0.1, -0.05) is 6.92 Å². The van der Waals surface area contributed by atoms with Crippen molar-refractivity contribution in [3.05, 3.63) is 41.8 Å². The molecule has 0 aliphatic carbocycles. The van der Waals surface area contributed by atoms with E-state index in [1.807, 2.05) is 20.8 Å². The van der Waals surface area contributed by atoms with Crippen LogP contribution in [0.5, 0.6) is 0 Å². The second-order valence-corrected chi connectivity index (χ2v) is 8.83. The molecule has 1 saturated heterocycles. The summed E-state index contributed by atoms with van der Waals surface area (Å²) in [5, 5.41) is 2.82. The van der Waals surface area contributed by atoms with Crippen LogP contribution < -0.4 is 14.9 Å². The topological polar surface area (TPSA) is 40.2 Å². The minimum Gasteiger partial charge on any atom is -0.371 e. The normalized spacial score (nSPS) is 17.5. The van der Waals surface area contributed by atoms with Crippen molar-refractivity contribution in [2.45, 2.75) is 50.7 Å². The van der Waals surface area contributed by atoms with Crippen molar-refractivity contribution >= 4 is 29.1 Å². The zero-order chi connectivity index (χ0) is 21.9. The molecule has 1 aromatic carbocycles. The lowest BCUT2D eigenvalue weighted by Gasteiger charge is -2.34. The van der Waals surface area contributed by atoms with E-state index in [0.29, 0.717) is 23.9 Å². The summed E-state index contributed by atoms with van der Waals surface area (Å²) in [6.45, 7) is 7.10. The highest BCUT2D eigenvalue weighted by atomic mass is 32.2. The number of halogens is 4.